The van der Waals surface area contributed by atoms with Crippen LogP contribution in [-0.4, -0.2) is 30.3 Å². The van der Waals surface area contributed by atoms with Crippen molar-refractivity contribution in [3.8, 4) is 0 Å². The molecule has 3 aromatic rings. The van der Waals surface area contributed by atoms with E-state index >= 15 is 0 Å². The summed E-state index contributed by atoms with van der Waals surface area (Å²) < 4.78 is 5.13. The number of carbonyl (C=O) groups is 3. The van der Waals surface area contributed by atoms with Gasteiger partial charge in [-0.15, -0.1) is 11.3 Å². The van der Waals surface area contributed by atoms with E-state index < -0.39 is 11.9 Å². The molecule has 0 radical (unpaired) electrons. The number of anilines is 1. The Kier molecular flexibility index (Phi) is 8.02. The monoisotopic (exact) mass is 493 g/mol. The minimum Gasteiger partial charge on any atom is -0.459 e. The first-order chi connectivity index (χ1) is 16.9. The summed E-state index contributed by atoms with van der Waals surface area (Å²) in [6, 6.07) is 11.9. The summed E-state index contributed by atoms with van der Waals surface area (Å²) in [7, 11) is 0. The number of benzene rings is 1. The zero-order valence-corrected chi connectivity index (χ0v) is 20.9. The zero-order valence-electron chi connectivity index (χ0n) is 20.1. The predicted molar refractivity (Wildman–Crippen MR) is 137 cm³/mol. The third kappa shape index (κ3) is 6.00. The Labute approximate surface area is 209 Å². The van der Waals surface area contributed by atoms with Gasteiger partial charge in [0.05, 0.1) is 12.8 Å². The summed E-state index contributed by atoms with van der Waals surface area (Å²) in [5.41, 5.74) is 2.58. The number of aryl methyl sites for hydroxylation is 2. The Hall–Kier alpha value is -3.39. The number of nitrogens with one attached hydrogen (secondary N) is 2. The molecule has 0 unspecified atom stereocenters. The third-order valence-electron chi connectivity index (χ3n) is 6.30. The van der Waals surface area contributed by atoms with E-state index in [1.807, 2.05) is 49.6 Å². The molecule has 0 spiro atoms. The van der Waals surface area contributed by atoms with Gasteiger partial charge >= 0.3 is 0 Å². The standard InChI is InChI=1S/C27H31N3O4S/c1-18-12-13-21(19(2)16-18)30(24(31)17-28-26(32)22-10-6-14-34-22)25(23-11-7-15-35-23)27(33)29-20-8-4-3-5-9-20/h6-7,10-16,20,25H,3-5,8-9,17H2,1-2H3,(H,28,32)(H,29,33)/t25-/m0/s1. The first-order valence-corrected chi connectivity index (χ1v) is 12.9. The summed E-state index contributed by atoms with van der Waals surface area (Å²) in [6.45, 7) is 3.64. The molecule has 0 bridgehead atoms. The molecule has 0 saturated heterocycles. The third-order valence-corrected chi connectivity index (χ3v) is 7.22. The van der Waals surface area contributed by atoms with Gasteiger partial charge in [-0.05, 0) is 61.9 Å². The van der Waals surface area contributed by atoms with Crippen molar-refractivity contribution in [3.63, 3.8) is 0 Å². The average molecular weight is 494 g/mol. The largest absolute Gasteiger partial charge is 0.459 e. The van der Waals surface area contributed by atoms with E-state index in [-0.39, 0.29) is 30.2 Å². The highest BCUT2D eigenvalue weighted by atomic mass is 32.1. The second kappa shape index (κ2) is 11.4. The summed E-state index contributed by atoms with van der Waals surface area (Å²) in [5, 5.41) is 7.74. The lowest BCUT2D eigenvalue weighted by atomic mass is 9.95. The minimum absolute atomic E-state index is 0.105. The molecule has 7 nitrogen and oxygen atoms in total. The van der Waals surface area contributed by atoms with Gasteiger partial charge < -0.3 is 15.1 Å². The number of thiophene rings is 1. The van der Waals surface area contributed by atoms with Crippen LogP contribution in [0.1, 0.15) is 64.7 Å². The molecule has 1 aromatic carbocycles. The molecule has 1 atom stereocenters. The summed E-state index contributed by atoms with van der Waals surface area (Å²) >= 11 is 1.44. The van der Waals surface area contributed by atoms with Crippen LogP contribution in [0.2, 0.25) is 0 Å². The highest BCUT2D eigenvalue weighted by Crippen LogP contribution is 2.33. The second-order valence-electron chi connectivity index (χ2n) is 8.98. The maximum atomic E-state index is 13.7. The van der Waals surface area contributed by atoms with Crippen molar-refractivity contribution in [3.05, 3.63) is 75.9 Å². The first kappa shape index (κ1) is 24.7. The molecular weight excluding hydrogens is 462 g/mol. The fraction of sp³-hybridized carbons (Fsp3) is 0.370. The molecule has 4 rings (SSSR count). The lowest BCUT2D eigenvalue weighted by Crippen LogP contribution is -2.49. The molecule has 0 aliphatic heterocycles. The van der Waals surface area contributed by atoms with Crippen LogP contribution >= 0.6 is 11.3 Å². The van der Waals surface area contributed by atoms with E-state index in [2.05, 4.69) is 10.6 Å². The van der Waals surface area contributed by atoms with Gasteiger partial charge in [0.2, 0.25) is 11.8 Å². The maximum absolute atomic E-state index is 13.7. The molecule has 2 heterocycles. The molecule has 1 aliphatic rings. The van der Waals surface area contributed by atoms with Crippen molar-refractivity contribution in [2.24, 2.45) is 0 Å². The van der Waals surface area contributed by atoms with Crippen molar-refractivity contribution < 1.29 is 18.8 Å². The molecule has 8 heteroatoms. The van der Waals surface area contributed by atoms with Gasteiger partial charge in [0.25, 0.3) is 5.91 Å². The smallest absolute Gasteiger partial charge is 0.287 e. The molecule has 35 heavy (non-hydrogen) atoms. The summed E-state index contributed by atoms with van der Waals surface area (Å²) in [6.07, 6.45) is 6.66. The van der Waals surface area contributed by atoms with Crippen LogP contribution in [0.4, 0.5) is 5.69 Å². The van der Waals surface area contributed by atoms with Crippen LogP contribution in [0.25, 0.3) is 0 Å². The lowest BCUT2D eigenvalue weighted by Gasteiger charge is -2.33. The molecule has 1 aliphatic carbocycles. The summed E-state index contributed by atoms with van der Waals surface area (Å²) in [5.74, 6) is -0.942. The molecule has 1 fully saturated rings. The molecule has 2 N–H and O–H groups in total. The van der Waals surface area contributed by atoms with Crippen LogP contribution in [0, 0.1) is 13.8 Å². The van der Waals surface area contributed by atoms with Gasteiger partial charge in [-0.2, -0.15) is 0 Å². The second-order valence-corrected chi connectivity index (χ2v) is 9.95. The van der Waals surface area contributed by atoms with Crippen LogP contribution in [0.3, 0.4) is 0 Å². The fourth-order valence-electron chi connectivity index (χ4n) is 4.58. The zero-order chi connectivity index (χ0) is 24.8. The number of nitrogens with zero attached hydrogens (tertiary/aromatic N) is 1. The molecule has 1 saturated carbocycles. The Morgan fingerprint density at radius 3 is 2.54 bits per heavy atom. The number of rotatable bonds is 8. The molecule has 184 valence electrons. The number of amides is 3. The predicted octanol–water partition coefficient (Wildman–Crippen LogP) is 4.91. The van der Waals surface area contributed by atoms with E-state index in [0.717, 1.165) is 41.7 Å². The highest BCUT2D eigenvalue weighted by Gasteiger charge is 2.35. The van der Waals surface area contributed by atoms with Crippen molar-refractivity contribution in [1.29, 1.82) is 0 Å². The molecule has 2 aromatic heterocycles. The number of carbonyl (C=O) groups excluding carboxylic acids is 3. The minimum atomic E-state index is -0.841. The number of furan rings is 1. The molecule has 3 amide bonds. The van der Waals surface area contributed by atoms with Crippen molar-refractivity contribution >= 4 is 34.7 Å². The van der Waals surface area contributed by atoms with E-state index in [1.165, 1.54) is 35.0 Å². The first-order valence-electron chi connectivity index (χ1n) is 12.0. The van der Waals surface area contributed by atoms with E-state index in [0.29, 0.717) is 5.69 Å². The molecular formula is C27H31N3O4S. The van der Waals surface area contributed by atoms with E-state index in [4.69, 9.17) is 4.42 Å². The van der Waals surface area contributed by atoms with Crippen LogP contribution in [0.5, 0.6) is 0 Å². The maximum Gasteiger partial charge on any atom is 0.287 e. The lowest BCUT2D eigenvalue weighted by molar-refractivity contribution is -0.126. The van der Waals surface area contributed by atoms with Gasteiger partial charge in [0.15, 0.2) is 5.76 Å². The fourth-order valence-corrected chi connectivity index (χ4v) is 5.39. The Morgan fingerprint density at radius 1 is 1.09 bits per heavy atom. The normalized spacial score (nSPS) is 14.8. The Bertz CT molecular complexity index is 1150. The average Bonchev–Trinajstić information content (AvgIpc) is 3.56. The van der Waals surface area contributed by atoms with Crippen LogP contribution < -0.4 is 15.5 Å². The SMILES string of the molecule is Cc1ccc(N(C(=O)CNC(=O)c2ccco2)[C@H](C(=O)NC2CCCCC2)c2cccs2)c(C)c1. The van der Waals surface area contributed by atoms with E-state index in [9.17, 15) is 14.4 Å². The Balaban J connectivity index is 1.66. The van der Waals surface area contributed by atoms with Crippen LogP contribution in [0.15, 0.2) is 58.5 Å². The number of hydrogen-bond acceptors (Lipinski definition) is 5. The van der Waals surface area contributed by atoms with E-state index in [1.54, 1.807) is 6.07 Å². The highest BCUT2D eigenvalue weighted by molar-refractivity contribution is 7.10. The van der Waals surface area contributed by atoms with Gasteiger partial charge in [0, 0.05) is 16.6 Å². The van der Waals surface area contributed by atoms with Crippen molar-refractivity contribution in [2.75, 3.05) is 11.4 Å². The van der Waals surface area contributed by atoms with Crippen LogP contribution in [-0.2, 0) is 9.59 Å². The van der Waals surface area contributed by atoms with Gasteiger partial charge in [-0.1, -0.05) is 43.0 Å². The Morgan fingerprint density at radius 2 is 1.89 bits per heavy atom. The quantitative estimate of drug-likeness (QED) is 0.466. The van der Waals surface area contributed by atoms with Crippen molar-refractivity contribution in [2.45, 2.75) is 58.0 Å². The summed E-state index contributed by atoms with van der Waals surface area (Å²) in [4.78, 5) is 42.1. The van der Waals surface area contributed by atoms with Gasteiger partial charge in [-0.25, -0.2) is 0 Å². The van der Waals surface area contributed by atoms with Crippen molar-refractivity contribution in [1.82, 2.24) is 10.6 Å². The van der Waals surface area contributed by atoms with Gasteiger partial charge in [0.1, 0.15) is 6.04 Å². The van der Waals surface area contributed by atoms with Gasteiger partial charge in [-0.3, -0.25) is 19.3 Å². The topological polar surface area (TPSA) is 91.7 Å². The number of hydrogen-bond donors (Lipinski definition) is 2.